The zero-order valence-corrected chi connectivity index (χ0v) is 15.4. The van der Waals surface area contributed by atoms with Gasteiger partial charge in [0.05, 0.1) is 22.9 Å². The molecule has 136 valence electrons. The van der Waals surface area contributed by atoms with Crippen LogP contribution in [0.1, 0.15) is 22.4 Å². The zero-order chi connectivity index (χ0) is 19.4. The third-order valence-electron chi connectivity index (χ3n) is 3.74. The maximum absolute atomic E-state index is 15.0. The van der Waals surface area contributed by atoms with Crippen LogP contribution in [0.4, 0.5) is 4.39 Å². The van der Waals surface area contributed by atoms with Crippen molar-refractivity contribution in [2.75, 3.05) is 0 Å². The number of H-pyrrole nitrogens is 1. The van der Waals surface area contributed by atoms with E-state index in [1.165, 1.54) is 24.4 Å². The Bertz CT molecular complexity index is 1060. The SMILES string of the molecule is N#Cc1cc(Cl)cc(Oc2c(Cl)ccc(Cc3[nH]ncc3/C=C\N)c2F)c1. The average molecular weight is 403 g/mol. The van der Waals surface area contributed by atoms with Crippen LogP contribution in [0.15, 0.2) is 42.7 Å². The fourth-order valence-corrected chi connectivity index (χ4v) is 2.92. The Kier molecular flexibility index (Phi) is 5.65. The molecule has 1 aromatic heterocycles. The number of hydrogen-bond acceptors (Lipinski definition) is 4. The van der Waals surface area contributed by atoms with Gasteiger partial charge in [-0.05, 0) is 42.1 Å². The fourth-order valence-electron chi connectivity index (χ4n) is 2.51. The van der Waals surface area contributed by atoms with Gasteiger partial charge in [0.2, 0.25) is 0 Å². The summed E-state index contributed by atoms with van der Waals surface area (Å²) >= 11 is 12.1. The van der Waals surface area contributed by atoms with Crippen LogP contribution < -0.4 is 10.5 Å². The number of benzene rings is 2. The highest BCUT2D eigenvalue weighted by molar-refractivity contribution is 6.32. The summed E-state index contributed by atoms with van der Waals surface area (Å²) in [7, 11) is 0. The summed E-state index contributed by atoms with van der Waals surface area (Å²) in [6.45, 7) is 0. The summed E-state index contributed by atoms with van der Waals surface area (Å²) in [6, 6.07) is 9.48. The van der Waals surface area contributed by atoms with Crippen LogP contribution in [-0.2, 0) is 6.42 Å². The van der Waals surface area contributed by atoms with Gasteiger partial charge in [-0.1, -0.05) is 29.3 Å². The number of aromatic nitrogens is 2. The highest BCUT2D eigenvalue weighted by Gasteiger charge is 2.17. The van der Waals surface area contributed by atoms with Crippen LogP contribution in [0.2, 0.25) is 10.0 Å². The minimum absolute atomic E-state index is 0.0985. The van der Waals surface area contributed by atoms with Gasteiger partial charge in [-0.2, -0.15) is 10.4 Å². The average Bonchev–Trinajstić information content (AvgIpc) is 3.08. The normalized spacial score (nSPS) is 10.9. The van der Waals surface area contributed by atoms with E-state index in [0.717, 1.165) is 5.56 Å². The van der Waals surface area contributed by atoms with E-state index in [4.69, 9.17) is 38.9 Å². The molecular weight excluding hydrogens is 390 g/mol. The molecule has 3 rings (SSSR count). The standard InChI is InChI=1S/C19H13Cl2FN4O/c20-14-5-11(9-24)6-15(8-14)27-19-16(21)2-1-12(18(19)22)7-17-13(3-4-23)10-25-26-17/h1-6,8,10H,7,23H2,(H,25,26)/b4-3-. The number of halogens is 3. The van der Waals surface area contributed by atoms with Crippen molar-refractivity contribution in [3.63, 3.8) is 0 Å². The minimum atomic E-state index is -0.613. The molecule has 5 nitrogen and oxygen atoms in total. The maximum Gasteiger partial charge on any atom is 0.181 e. The lowest BCUT2D eigenvalue weighted by Gasteiger charge is -2.12. The number of nitrogens with two attached hydrogens (primary N) is 1. The van der Waals surface area contributed by atoms with E-state index in [0.29, 0.717) is 21.8 Å². The minimum Gasteiger partial charge on any atom is -0.453 e. The fraction of sp³-hybridized carbons (Fsp3) is 0.0526. The molecule has 8 heteroatoms. The monoisotopic (exact) mass is 402 g/mol. The molecule has 27 heavy (non-hydrogen) atoms. The first-order valence-corrected chi connectivity index (χ1v) is 8.53. The summed E-state index contributed by atoms with van der Waals surface area (Å²) in [4.78, 5) is 0. The molecule has 0 saturated heterocycles. The van der Waals surface area contributed by atoms with E-state index in [1.54, 1.807) is 24.4 Å². The number of nitrogens with one attached hydrogen (secondary N) is 1. The van der Waals surface area contributed by atoms with E-state index in [1.807, 2.05) is 6.07 Å². The molecule has 0 spiro atoms. The third-order valence-corrected chi connectivity index (χ3v) is 4.26. The van der Waals surface area contributed by atoms with Gasteiger partial charge < -0.3 is 10.5 Å². The molecule has 0 aliphatic rings. The van der Waals surface area contributed by atoms with Crippen LogP contribution in [-0.4, -0.2) is 10.2 Å². The van der Waals surface area contributed by atoms with Crippen molar-refractivity contribution in [1.82, 2.24) is 10.2 Å². The van der Waals surface area contributed by atoms with Crippen LogP contribution in [0.25, 0.3) is 6.08 Å². The van der Waals surface area contributed by atoms with Crippen LogP contribution >= 0.6 is 23.2 Å². The summed E-state index contributed by atoms with van der Waals surface area (Å²) in [5.74, 6) is -0.542. The van der Waals surface area contributed by atoms with E-state index in [2.05, 4.69) is 10.2 Å². The summed E-state index contributed by atoms with van der Waals surface area (Å²) in [5.41, 5.74) is 7.50. The van der Waals surface area contributed by atoms with Crippen molar-refractivity contribution in [1.29, 1.82) is 5.26 Å². The first-order valence-electron chi connectivity index (χ1n) is 7.77. The van der Waals surface area contributed by atoms with E-state index >= 15 is 4.39 Å². The quantitative estimate of drug-likeness (QED) is 0.625. The molecule has 3 aromatic rings. The molecule has 0 bridgehead atoms. The molecule has 0 radical (unpaired) electrons. The smallest absolute Gasteiger partial charge is 0.181 e. The Morgan fingerprint density at radius 3 is 2.85 bits per heavy atom. The van der Waals surface area contributed by atoms with Crippen LogP contribution in [0, 0.1) is 17.1 Å². The first kappa shape index (κ1) is 18.8. The lowest BCUT2D eigenvalue weighted by Crippen LogP contribution is -1.99. The van der Waals surface area contributed by atoms with Crippen molar-refractivity contribution in [3.8, 4) is 17.6 Å². The molecule has 0 fully saturated rings. The summed E-state index contributed by atoms with van der Waals surface area (Å²) in [6.07, 6.45) is 4.88. The van der Waals surface area contributed by atoms with Crippen molar-refractivity contribution in [3.05, 3.63) is 81.0 Å². The lowest BCUT2D eigenvalue weighted by atomic mass is 10.1. The molecular formula is C19H13Cl2FN4O. The molecule has 1 heterocycles. The highest BCUT2D eigenvalue weighted by atomic mass is 35.5. The number of nitrogens with zero attached hydrogens (tertiary/aromatic N) is 2. The molecule has 0 unspecified atom stereocenters. The van der Waals surface area contributed by atoms with E-state index in [9.17, 15) is 0 Å². The van der Waals surface area contributed by atoms with Crippen molar-refractivity contribution in [2.24, 2.45) is 5.73 Å². The second-order valence-electron chi connectivity index (χ2n) is 5.58. The predicted molar refractivity (Wildman–Crippen MR) is 102 cm³/mol. The molecule has 0 amide bonds. The number of rotatable bonds is 5. The molecule has 0 saturated carbocycles. The summed E-state index contributed by atoms with van der Waals surface area (Å²) < 4.78 is 20.6. The predicted octanol–water partition coefficient (Wildman–Crippen LogP) is 5.04. The zero-order valence-electron chi connectivity index (χ0n) is 13.8. The summed E-state index contributed by atoms with van der Waals surface area (Å²) in [5, 5.41) is 16.2. The van der Waals surface area contributed by atoms with Gasteiger partial charge >= 0.3 is 0 Å². The number of aromatic amines is 1. The topological polar surface area (TPSA) is 87.7 Å². The van der Waals surface area contributed by atoms with Crippen LogP contribution in [0.5, 0.6) is 11.5 Å². The van der Waals surface area contributed by atoms with Crippen molar-refractivity contribution >= 4 is 29.3 Å². The van der Waals surface area contributed by atoms with Gasteiger partial charge in [-0.25, -0.2) is 4.39 Å². The largest absolute Gasteiger partial charge is 0.453 e. The van der Waals surface area contributed by atoms with Gasteiger partial charge in [0, 0.05) is 22.7 Å². The third kappa shape index (κ3) is 4.22. The Morgan fingerprint density at radius 2 is 2.11 bits per heavy atom. The van der Waals surface area contributed by atoms with E-state index in [-0.39, 0.29) is 22.9 Å². The maximum atomic E-state index is 15.0. The van der Waals surface area contributed by atoms with Gasteiger partial charge in [-0.15, -0.1) is 0 Å². The van der Waals surface area contributed by atoms with Crippen LogP contribution in [0.3, 0.4) is 0 Å². The molecule has 2 aromatic carbocycles. The van der Waals surface area contributed by atoms with Crippen molar-refractivity contribution in [2.45, 2.75) is 6.42 Å². The molecule has 3 N–H and O–H groups in total. The lowest BCUT2D eigenvalue weighted by molar-refractivity contribution is 0.439. The molecule has 0 aliphatic carbocycles. The Balaban J connectivity index is 1.95. The highest BCUT2D eigenvalue weighted by Crippen LogP contribution is 2.36. The second kappa shape index (κ2) is 8.12. The number of hydrogen-bond donors (Lipinski definition) is 2. The molecule has 0 atom stereocenters. The van der Waals surface area contributed by atoms with Gasteiger partial charge in [-0.3, -0.25) is 5.10 Å². The Hall–Kier alpha value is -3.01. The number of nitriles is 1. The second-order valence-corrected chi connectivity index (χ2v) is 6.42. The number of ether oxygens (including phenoxy) is 1. The van der Waals surface area contributed by atoms with Crippen molar-refractivity contribution < 1.29 is 9.13 Å². The first-order chi connectivity index (χ1) is 13.0. The Labute approximate surface area is 164 Å². The van der Waals surface area contributed by atoms with Gasteiger partial charge in [0.1, 0.15) is 5.75 Å². The van der Waals surface area contributed by atoms with Gasteiger partial charge in [0.25, 0.3) is 0 Å². The Morgan fingerprint density at radius 1 is 1.30 bits per heavy atom. The molecule has 0 aliphatic heterocycles. The van der Waals surface area contributed by atoms with Gasteiger partial charge in [0.15, 0.2) is 11.6 Å². The van der Waals surface area contributed by atoms with E-state index < -0.39 is 5.82 Å².